The molecule has 0 radical (unpaired) electrons. The molecule has 35 heavy (non-hydrogen) atoms. The molecule has 3 atom stereocenters. The Labute approximate surface area is 213 Å². The standard InChI is InChI=1S/C23H40N6O5.ClH/c1-3-34-23(33)27-16(2)20(31)28-14-8-12-19(28)21(32)29(17-9-5-4-6-10-17)18(15-30)11-7-13-26-22(24)25;/h15-19H,3-14H2,1-2H3,(H,27,33)(H4,24,25,26);1H/t16-,18-,19-;/m0./s1. The maximum atomic E-state index is 13.8. The molecule has 1 saturated carbocycles. The van der Waals surface area contributed by atoms with Gasteiger partial charge in [-0.1, -0.05) is 19.3 Å². The number of rotatable bonds is 11. The Morgan fingerprint density at radius 1 is 1.17 bits per heavy atom. The van der Waals surface area contributed by atoms with Crippen LogP contribution in [0.4, 0.5) is 4.79 Å². The number of aldehydes is 1. The smallest absolute Gasteiger partial charge is 0.407 e. The van der Waals surface area contributed by atoms with Gasteiger partial charge in [-0.25, -0.2) is 4.79 Å². The number of ether oxygens (including phenoxy) is 1. The largest absolute Gasteiger partial charge is 0.450 e. The van der Waals surface area contributed by atoms with Crippen LogP contribution >= 0.6 is 12.4 Å². The van der Waals surface area contributed by atoms with Crippen LogP contribution in [0.25, 0.3) is 0 Å². The number of likely N-dealkylation sites (tertiary alicyclic amines) is 1. The van der Waals surface area contributed by atoms with Gasteiger partial charge in [-0.3, -0.25) is 14.6 Å². The third-order valence-corrected chi connectivity index (χ3v) is 6.49. The average Bonchev–Trinajstić information content (AvgIpc) is 3.30. The summed E-state index contributed by atoms with van der Waals surface area (Å²) < 4.78 is 4.87. The number of carbonyl (C=O) groups is 4. The summed E-state index contributed by atoms with van der Waals surface area (Å²) in [5, 5.41) is 2.52. The van der Waals surface area contributed by atoms with Crippen LogP contribution in [0.2, 0.25) is 0 Å². The number of hydrogen-bond acceptors (Lipinski definition) is 6. The van der Waals surface area contributed by atoms with Crippen LogP contribution in [0.3, 0.4) is 0 Å². The quantitative estimate of drug-likeness (QED) is 0.161. The number of guanidine groups is 1. The van der Waals surface area contributed by atoms with Gasteiger partial charge in [0.1, 0.15) is 18.4 Å². The topological polar surface area (TPSA) is 160 Å². The van der Waals surface area contributed by atoms with Gasteiger partial charge in [-0.05, 0) is 52.4 Å². The highest BCUT2D eigenvalue weighted by Gasteiger charge is 2.42. The Kier molecular flexibility index (Phi) is 13.4. The van der Waals surface area contributed by atoms with Crippen molar-refractivity contribution in [3.63, 3.8) is 0 Å². The SMILES string of the molecule is CCOC(=O)N[C@@H](C)C(=O)N1CCC[C@H]1C(=O)N(C1CCCCC1)[C@H](C=O)CCCN=C(N)N.Cl. The van der Waals surface area contributed by atoms with Gasteiger partial charge in [0.25, 0.3) is 0 Å². The molecule has 1 aliphatic carbocycles. The van der Waals surface area contributed by atoms with Crippen molar-refractivity contribution in [2.24, 2.45) is 16.5 Å². The fraction of sp³-hybridized carbons (Fsp3) is 0.783. The molecule has 11 nitrogen and oxygen atoms in total. The molecule has 0 aromatic carbocycles. The average molecular weight is 517 g/mol. The number of nitrogens with two attached hydrogens (primary N) is 2. The van der Waals surface area contributed by atoms with Crippen LogP contribution in [-0.4, -0.2) is 83.8 Å². The third-order valence-electron chi connectivity index (χ3n) is 6.49. The van der Waals surface area contributed by atoms with E-state index in [1.807, 2.05) is 0 Å². The summed E-state index contributed by atoms with van der Waals surface area (Å²) in [4.78, 5) is 58.0. The van der Waals surface area contributed by atoms with E-state index in [-0.39, 0.29) is 42.8 Å². The molecule has 0 spiro atoms. The Morgan fingerprint density at radius 3 is 2.46 bits per heavy atom. The van der Waals surface area contributed by atoms with Crippen molar-refractivity contribution in [1.82, 2.24) is 15.1 Å². The molecule has 2 rings (SSSR count). The van der Waals surface area contributed by atoms with E-state index in [0.29, 0.717) is 38.8 Å². The lowest BCUT2D eigenvalue weighted by Crippen LogP contribution is -2.57. The molecule has 1 aliphatic heterocycles. The summed E-state index contributed by atoms with van der Waals surface area (Å²) in [6.45, 7) is 4.27. The molecule has 2 fully saturated rings. The lowest BCUT2D eigenvalue weighted by atomic mass is 9.91. The number of nitrogens with one attached hydrogen (secondary N) is 1. The van der Waals surface area contributed by atoms with E-state index in [1.54, 1.807) is 18.7 Å². The van der Waals surface area contributed by atoms with Crippen molar-refractivity contribution in [3.05, 3.63) is 0 Å². The van der Waals surface area contributed by atoms with E-state index in [4.69, 9.17) is 16.2 Å². The highest BCUT2D eigenvalue weighted by molar-refractivity contribution is 5.92. The first-order chi connectivity index (χ1) is 16.3. The van der Waals surface area contributed by atoms with Crippen LogP contribution in [0.1, 0.15) is 71.6 Å². The number of amides is 3. The Hall–Kier alpha value is -2.56. The maximum absolute atomic E-state index is 13.8. The number of alkyl carbamates (subject to hydrolysis) is 1. The first-order valence-corrected chi connectivity index (χ1v) is 12.4. The van der Waals surface area contributed by atoms with Crippen LogP contribution in [0, 0.1) is 0 Å². The van der Waals surface area contributed by atoms with E-state index >= 15 is 0 Å². The number of halogens is 1. The van der Waals surface area contributed by atoms with Crippen molar-refractivity contribution in [1.29, 1.82) is 0 Å². The Balaban J connectivity index is 0.00000612. The minimum atomic E-state index is -0.822. The van der Waals surface area contributed by atoms with E-state index in [2.05, 4.69) is 10.3 Å². The van der Waals surface area contributed by atoms with E-state index in [1.165, 1.54) is 4.90 Å². The summed E-state index contributed by atoms with van der Waals surface area (Å²) in [5.41, 5.74) is 10.8. The van der Waals surface area contributed by atoms with Crippen molar-refractivity contribution in [3.8, 4) is 0 Å². The highest BCUT2D eigenvalue weighted by atomic mass is 35.5. The number of hydrogen-bond donors (Lipinski definition) is 3. The second-order valence-corrected chi connectivity index (χ2v) is 8.97. The molecule has 5 N–H and O–H groups in total. The van der Waals surface area contributed by atoms with Gasteiger partial charge in [0.05, 0.1) is 12.6 Å². The summed E-state index contributed by atoms with van der Waals surface area (Å²) in [7, 11) is 0. The molecule has 1 saturated heterocycles. The predicted octanol–water partition coefficient (Wildman–Crippen LogP) is 1.32. The molecule has 3 amide bonds. The zero-order valence-electron chi connectivity index (χ0n) is 20.8. The summed E-state index contributed by atoms with van der Waals surface area (Å²) in [6, 6.07) is -2.11. The number of aliphatic imine (C=N–C) groups is 1. The van der Waals surface area contributed by atoms with Gasteiger partial charge >= 0.3 is 6.09 Å². The molecule has 0 aromatic heterocycles. The second-order valence-electron chi connectivity index (χ2n) is 8.97. The summed E-state index contributed by atoms with van der Waals surface area (Å²) in [6.07, 6.45) is 7.17. The Morgan fingerprint density at radius 2 is 1.86 bits per heavy atom. The minimum Gasteiger partial charge on any atom is -0.450 e. The van der Waals surface area contributed by atoms with Gasteiger partial charge in [-0.15, -0.1) is 12.4 Å². The predicted molar refractivity (Wildman–Crippen MR) is 135 cm³/mol. The normalized spacial score (nSPS) is 19.6. The van der Waals surface area contributed by atoms with E-state index < -0.39 is 24.2 Å². The summed E-state index contributed by atoms with van der Waals surface area (Å²) in [5.74, 6) is -0.531. The van der Waals surface area contributed by atoms with E-state index in [9.17, 15) is 19.2 Å². The molecular weight excluding hydrogens is 476 g/mol. The van der Waals surface area contributed by atoms with Crippen LogP contribution in [0.15, 0.2) is 4.99 Å². The summed E-state index contributed by atoms with van der Waals surface area (Å²) >= 11 is 0. The number of nitrogens with zero attached hydrogens (tertiary/aromatic N) is 3. The van der Waals surface area contributed by atoms with Crippen LogP contribution in [0.5, 0.6) is 0 Å². The Bertz CT molecular complexity index is 742. The van der Waals surface area contributed by atoms with Gasteiger partial charge in [-0.2, -0.15) is 0 Å². The second kappa shape index (κ2) is 15.4. The molecule has 0 unspecified atom stereocenters. The van der Waals surface area contributed by atoms with Crippen LogP contribution in [-0.2, 0) is 19.1 Å². The fourth-order valence-corrected chi connectivity index (χ4v) is 4.87. The zero-order chi connectivity index (χ0) is 25.1. The van der Waals surface area contributed by atoms with Gasteiger partial charge in [0.15, 0.2) is 5.96 Å². The third kappa shape index (κ3) is 8.87. The van der Waals surface area contributed by atoms with Crippen molar-refractivity contribution >= 4 is 42.6 Å². The zero-order valence-corrected chi connectivity index (χ0v) is 21.6. The molecular formula is C23H41ClN6O5. The van der Waals surface area contributed by atoms with Gasteiger partial charge in [0.2, 0.25) is 11.8 Å². The molecule has 2 aliphatic rings. The lowest BCUT2D eigenvalue weighted by molar-refractivity contribution is -0.149. The van der Waals surface area contributed by atoms with Crippen molar-refractivity contribution in [2.45, 2.75) is 95.8 Å². The lowest BCUT2D eigenvalue weighted by Gasteiger charge is -2.41. The van der Waals surface area contributed by atoms with Crippen LogP contribution < -0.4 is 16.8 Å². The first-order valence-electron chi connectivity index (χ1n) is 12.4. The van der Waals surface area contributed by atoms with Gasteiger partial charge < -0.3 is 36.1 Å². The van der Waals surface area contributed by atoms with Crippen molar-refractivity contribution in [2.75, 3.05) is 19.7 Å². The van der Waals surface area contributed by atoms with Crippen molar-refractivity contribution < 1.29 is 23.9 Å². The van der Waals surface area contributed by atoms with E-state index in [0.717, 1.165) is 38.4 Å². The molecule has 0 aromatic rings. The molecule has 1 heterocycles. The minimum absolute atomic E-state index is 0. The number of carbonyl (C=O) groups excluding carboxylic acids is 4. The molecule has 12 heteroatoms. The molecule has 0 bridgehead atoms. The maximum Gasteiger partial charge on any atom is 0.407 e. The highest BCUT2D eigenvalue weighted by Crippen LogP contribution is 2.29. The fourth-order valence-electron chi connectivity index (χ4n) is 4.87. The first kappa shape index (κ1) is 30.5. The van der Waals surface area contributed by atoms with Gasteiger partial charge in [0, 0.05) is 19.1 Å². The molecule has 200 valence electrons. The monoisotopic (exact) mass is 516 g/mol.